The van der Waals surface area contributed by atoms with E-state index in [-0.39, 0.29) is 5.54 Å². The highest BCUT2D eigenvalue weighted by molar-refractivity contribution is 8.00. The van der Waals surface area contributed by atoms with E-state index >= 15 is 0 Å². The maximum absolute atomic E-state index is 6.16. The van der Waals surface area contributed by atoms with E-state index < -0.39 is 0 Å². The van der Waals surface area contributed by atoms with Gasteiger partial charge in [-0.25, -0.2) is 0 Å². The Morgan fingerprint density at radius 3 is 2.65 bits per heavy atom. The number of nitrogens with two attached hydrogens (primary N) is 1. The standard InChI is InChI=1S/C17H28N2S/c1-14-15(2)20-12-11-19(14)17(3,13-18)10-9-16-7-5-4-6-8-16/h4-8,14-15H,9-13,18H2,1-3H3. The number of thioether (sulfide) groups is 1. The zero-order valence-corrected chi connectivity index (χ0v) is 13.8. The van der Waals surface area contributed by atoms with Crippen molar-refractivity contribution in [2.24, 2.45) is 5.73 Å². The maximum atomic E-state index is 6.16. The van der Waals surface area contributed by atoms with Crippen LogP contribution in [0.1, 0.15) is 32.8 Å². The molecule has 2 N–H and O–H groups in total. The van der Waals surface area contributed by atoms with E-state index in [2.05, 4.69) is 67.8 Å². The molecule has 1 fully saturated rings. The summed E-state index contributed by atoms with van der Waals surface area (Å²) >= 11 is 2.09. The fourth-order valence-electron chi connectivity index (χ4n) is 3.12. The summed E-state index contributed by atoms with van der Waals surface area (Å²) in [5.74, 6) is 1.23. The molecule has 0 aromatic heterocycles. The number of nitrogens with zero attached hydrogens (tertiary/aromatic N) is 1. The Hall–Kier alpha value is -0.510. The maximum Gasteiger partial charge on any atom is 0.0310 e. The summed E-state index contributed by atoms with van der Waals surface area (Å²) in [7, 11) is 0. The van der Waals surface area contributed by atoms with Crippen LogP contribution in [0, 0.1) is 0 Å². The lowest BCUT2D eigenvalue weighted by Crippen LogP contribution is -2.60. The molecule has 0 radical (unpaired) electrons. The molecule has 1 aromatic rings. The summed E-state index contributed by atoms with van der Waals surface area (Å²) in [5.41, 5.74) is 7.69. The third-order valence-electron chi connectivity index (χ3n) is 4.81. The van der Waals surface area contributed by atoms with Crippen molar-refractivity contribution in [2.75, 3.05) is 18.8 Å². The number of aryl methyl sites for hydroxylation is 1. The fraction of sp³-hybridized carbons (Fsp3) is 0.647. The quantitative estimate of drug-likeness (QED) is 0.904. The Morgan fingerprint density at radius 1 is 1.30 bits per heavy atom. The zero-order chi connectivity index (χ0) is 14.6. The molecule has 1 aliphatic heterocycles. The van der Waals surface area contributed by atoms with E-state index in [0.29, 0.717) is 11.3 Å². The van der Waals surface area contributed by atoms with Crippen LogP contribution in [0.3, 0.4) is 0 Å². The van der Waals surface area contributed by atoms with Crippen LogP contribution in [-0.4, -0.2) is 40.6 Å². The van der Waals surface area contributed by atoms with Crippen LogP contribution in [-0.2, 0) is 6.42 Å². The molecule has 0 saturated carbocycles. The summed E-state index contributed by atoms with van der Waals surface area (Å²) in [6.45, 7) is 8.94. The van der Waals surface area contributed by atoms with Crippen LogP contribution in [0.2, 0.25) is 0 Å². The average molecular weight is 292 g/mol. The van der Waals surface area contributed by atoms with Crippen LogP contribution in [0.4, 0.5) is 0 Å². The number of benzene rings is 1. The first-order chi connectivity index (χ1) is 9.57. The molecule has 112 valence electrons. The van der Waals surface area contributed by atoms with Crippen LogP contribution >= 0.6 is 11.8 Å². The van der Waals surface area contributed by atoms with Crippen molar-refractivity contribution in [1.82, 2.24) is 4.90 Å². The Labute approximate surface area is 128 Å². The van der Waals surface area contributed by atoms with E-state index in [1.165, 1.54) is 17.9 Å². The van der Waals surface area contributed by atoms with Gasteiger partial charge in [-0.1, -0.05) is 37.3 Å². The molecular formula is C17H28N2S. The van der Waals surface area contributed by atoms with Gasteiger partial charge in [0.25, 0.3) is 0 Å². The van der Waals surface area contributed by atoms with Gasteiger partial charge in [0.2, 0.25) is 0 Å². The van der Waals surface area contributed by atoms with E-state index in [4.69, 9.17) is 5.73 Å². The van der Waals surface area contributed by atoms with Crippen molar-refractivity contribution in [3.05, 3.63) is 35.9 Å². The third kappa shape index (κ3) is 3.57. The van der Waals surface area contributed by atoms with Crippen LogP contribution in [0.15, 0.2) is 30.3 Å². The monoisotopic (exact) mass is 292 g/mol. The van der Waals surface area contributed by atoms with Crippen molar-refractivity contribution < 1.29 is 0 Å². The molecule has 1 aliphatic rings. The second-order valence-corrected chi connectivity index (χ2v) is 7.68. The summed E-state index contributed by atoms with van der Waals surface area (Å²) in [4.78, 5) is 2.65. The third-order valence-corrected chi connectivity index (χ3v) is 6.15. The first kappa shape index (κ1) is 15.9. The molecular weight excluding hydrogens is 264 g/mol. The van der Waals surface area contributed by atoms with Crippen LogP contribution < -0.4 is 5.73 Å². The van der Waals surface area contributed by atoms with Gasteiger partial charge in [-0.15, -0.1) is 0 Å². The molecule has 3 unspecified atom stereocenters. The minimum Gasteiger partial charge on any atom is -0.329 e. The van der Waals surface area contributed by atoms with Crippen molar-refractivity contribution in [1.29, 1.82) is 0 Å². The van der Waals surface area contributed by atoms with Crippen molar-refractivity contribution in [3.8, 4) is 0 Å². The van der Waals surface area contributed by atoms with Gasteiger partial charge in [0.05, 0.1) is 0 Å². The van der Waals surface area contributed by atoms with Gasteiger partial charge in [-0.2, -0.15) is 11.8 Å². The van der Waals surface area contributed by atoms with E-state index in [1.807, 2.05) is 0 Å². The van der Waals surface area contributed by atoms with Gasteiger partial charge in [0.15, 0.2) is 0 Å². The Morgan fingerprint density at radius 2 is 2.00 bits per heavy atom. The molecule has 0 amide bonds. The second kappa shape index (κ2) is 6.97. The fourth-order valence-corrected chi connectivity index (χ4v) is 4.22. The highest BCUT2D eigenvalue weighted by atomic mass is 32.2. The molecule has 1 saturated heterocycles. The minimum atomic E-state index is 0.116. The second-order valence-electron chi connectivity index (χ2n) is 6.20. The van der Waals surface area contributed by atoms with Crippen molar-refractivity contribution in [2.45, 2.75) is 50.4 Å². The molecule has 1 aromatic carbocycles. The molecule has 2 rings (SSSR count). The summed E-state index contributed by atoms with van der Waals surface area (Å²) < 4.78 is 0. The Bertz CT molecular complexity index is 409. The molecule has 3 atom stereocenters. The number of hydrogen-bond donors (Lipinski definition) is 1. The number of hydrogen-bond acceptors (Lipinski definition) is 3. The van der Waals surface area contributed by atoms with Gasteiger partial charge in [-0.3, -0.25) is 4.90 Å². The molecule has 20 heavy (non-hydrogen) atoms. The predicted molar refractivity (Wildman–Crippen MR) is 90.3 cm³/mol. The van der Waals surface area contributed by atoms with Crippen LogP contribution in [0.25, 0.3) is 0 Å². The number of rotatable bonds is 5. The SMILES string of the molecule is CC1SCCN(C(C)(CN)CCc2ccccc2)C1C. The zero-order valence-electron chi connectivity index (χ0n) is 13.0. The van der Waals surface area contributed by atoms with Crippen LogP contribution in [0.5, 0.6) is 0 Å². The molecule has 1 heterocycles. The molecule has 0 bridgehead atoms. The lowest BCUT2D eigenvalue weighted by atomic mass is 9.89. The first-order valence-electron chi connectivity index (χ1n) is 7.69. The average Bonchev–Trinajstić information content (AvgIpc) is 2.49. The molecule has 3 heteroatoms. The lowest BCUT2D eigenvalue weighted by Gasteiger charge is -2.49. The topological polar surface area (TPSA) is 29.3 Å². The normalized spacial score (nSPS) is 27.2. The minimum absolute atomic E-state index is 0.116. The highest BCUT2D eigenvalue weighted by Gasteiger charge is 2.37. The molecule has 0 aliphatic carbocycles. The van der Waals surface area contributed by atoms with E-state index in [1.54, 1.807) is 0 Å². The van der Waals surface area contributed by atoms with Crippen molar-refractivity contribution in [3.63, 3.8) is 0 Å². The van der Waals surface area contributed by atoms with Gasteiger partial charge in [-0.05, 0) is 32.3 Å². The van der Waals surface area contributed by atoms with Gasteiger partial charge < -0.3 is 5.73 Å². The Kier molecular flexibility index (Phi) is 5.53. The largest absolute Gasteiger partial charge is 0.329 e. The first-order valence-corrected chi connectivity index (χ1v) is 8.74. The van der Waals surface area contributed by atoms with E-state index in [9.17, 15) is 0 Å². The summed E-state index contributed by atoms with van der Waals surface area (Å²) in [6.07, 6.45) is 2.24. The highest BCUT2D eigenvalue weighted by Crippen LogP contribution is 2.32. The predicted octanol–water partition coefficient (Wildman–Crippen LogP) is 3.16. The molecule has 2 nitrogen and oxygen atoms in total. The summed E-state index contributed by atoms with van der Waals surface area (Å²) in [5, 5.41) is 0.700. The smallest absolute Gasteiger partial charge is 0.0310 e. The van der Waals surface area contributed by atoms with Gasteiger partial charge >= 0.3 is 0 Å². The summed E-state index contributed by atoms with van der Waals surface area (Å²) in [6, 6.07) is 11.4. The molecule has 0 spiro atoms. The van der Waals surface area contributed by atoms with E-state index in [0.717, 1.165) is 19.4 Å². The lowest BCUT2D eigenvalue weighted by molar-refractivity contribution is 0.0645. The Balaban J connectivity index is 2.04. The van der Waals surface area contributed by atoms with Gasteiger partial charge in [0, 0.05) is 35.7 Å². The van der Waals surface area contributed by atoms with Gasteiger partial charge in [0.1, 0.15) is 0 Å². The van der Waals surface area contributed by atoms with Crippen molar-refractivity contribution >= 4 is 11.8 Å².